The van der Waals surface area contributed by atoms with Crippen LogP contribution in [0.5, 0.6) is 11.5 Å². The number of benzene rings is 2. The van der Waals surface area contributed by atoms with Gasteiger partial charge in [0.15, 0.2) is 11.5 Å². The van der Waals surface area contributed by atoms with Gasteiger partial charge in [-0.1, -0.05) is 18.2 Å². The molecule has 0 radical (unpaired) electrons. The molecule has 0 fully saturated rings. The van der Waals surface area contributed by atoms with Gasteiger partial charge in [-0.2, -0.15) is 0 Å². The number of carbonyl (C=O) groups excluding carboxylic acids is 1. The van der Waals surface area contributed by atoms with E-state index in [1.165, 1.54) is 16.8 Å². The van der Waals surface area contributed by atoms with Crippen molar-refractivity contribution in [1.29, 1.82) is 0 Å². The molecule has 0 bridgehead atoms. The molecule has 0 saturated carbocycles. The van der Waals surface area contributed by atoms with Crippen molar-refractivity contribution < 1.29 is 14.3 Å². The molecule has 0 aliphatic carbocycles. The lowest BCUT2D eigenvalue weighted by Crippen LogP contribution is -2.39. The number of fused-ring (bicyclic) bond motifs is 2. The van der Waals surface area contributed by atoms with E-state index in [1.807, 2.05) is 17.0 Å². The summed E-state index contributed by atoms with van der Waals surface area (Å²) in [6.45, 7) is 4.40. The average Bonchev–Trinajstić information content (AvgIpc) is 3.05. The number of carbonyl (C=O) groups is 1. The molecule has 2 aromatic rings. The number of para-hydroxylation sites is 1. The van der Waals surface area contributed by atoms with Gasteiger partial charge in [0.05, 0.1) is 14.2 Å². The molecule has 1 amide bonds. The highest BCUT2D eigenvalue weighted by Crippen LogP contribution is 2.34. The number of ether oxygens (including phenoxy) is 2. The van der Waals surface area contributed by atoms with Crippen molar-refractivity contribution in [1.82, 2.24) is 4.90 Å². The van der Waals surface area contributed by atoms with Gasteiger partial charge >= 0.3 is 0 Å². The number of hydrogen-bond acceptors (Lipinski definition) is 4. The van der Waals surface area contributed by atoms with E-state index < -0.39 is 0 Å². The Morgan fingerprint density at radius 3 is 2.54 bits per heavy atom. The Bertz CT molecular complexity index is 880. The van der Waals surface area contributed by atoms with Crippen LogP contribution in [0.25, 0.3) is 0 Å². The van der Waals surface area contributed by atoms with Gasteiger partial charge in [0, 0.05) is 37.8 Å². The summed E-state index contributed by atoms with van der Waals surface area (Å²) >= 11 is 0. The Morgan fingerprint density at radius 2 is 1.79 bits per heavy atom. The van der Waals surface area contributed by atoms with E-state index in [0.29, 0.717) is 19.0 Å². The second-order valence-corrected chi connectivity index (χ2v) is 7.67. The van der Waals surface area contributed by atoms with E-state index in [4.69, 9.17) is 9.47 Å². The fourth-order valence-electron chi connectivity index (χ4n) is 4.44. The van der Waals surface area contributed by atoms with Crippen molar-refractivity contribution in [2.75, 3.05) is 32.2 Å². The van der Waals surface area contributed by atoms with Gasteiger partial charge in [0.1, 0.15) is 0 Å². The SMILES string of the molecule is COc1cc2c(cc1OC)CN(C(=O)CCN1c3ccccc3CC1C)CC2. The molecule has 2 aliphatic rings. The largest absolute Gasteiger partial charge is 0.493 e. The van der Waals surface area contributed by atoms with Crippen LogP contribution in [0, 0.1) is 0 Å². The van der Waals surface area contributed by atoms with Crippen LogP contribution in [0.1, 0.15) is 30.0 Å². The van der Waals surface area contributed by atoms with Crippen LogP contribution >= 0.6 is 0 Å². The van der Waals surface area contributed by atoms with Crippen LogP contribution in [-0.4, -0.2) is 44.2 Å². The van der Waals surface area contributed by atoms with Crippen LogP contribution < -0.4 is 14.4 Å². The Labute approximate surface area is 166 Å². The minimum Gasteiger partial charge on any atom is -0.493 e. The Kier molecular flexibility index (Phi) is 5.16. The second kappa shape index (κ2) is 7.74. The van der Waals surface area contributed by atoms with E-state index in [9.17, 15) is 4.79 Å². The van der Waals surface area contributed by atoms with Crippen molar-refractivity contribution in [3.8, 4) is 11.5 Å². The first kappa shape index (κ1) is 18.7. The summed E-state index contributed by atoms with van der Waals surface area (Å²) in [5.74, 6) is 1.69. The number of amides is 1. The van der Waals surface area contributed by atoms with Gasteiger partial charge in [0.2, 0.25) is 5.91 Å². The fraction of sp³-hybridized carbons (Fsp3) is 0.435. The van der Waals surface area contributed by atoms with Gasteiger partial charge in [-0.3, -0.25) is 4.79 Å². The molecule has 2 aliphatic heterocycles. The third-order valence-corrected chi connectivity index (χ3v) is 5.99. The van der Waals surface area contributed by atoms with E-state index in [0.717, 1.165) is 43.0 Å². The standard InChI is InChI=1S/C23H28N2O3/c1-16-12-18-6-4-5-7-20(18)25(16)11-9-23(26)24-10-8-17-13-21(27-2)22(28-3)14-19(17)15-24/h4-7,13-14,16H,8-12,15H2,1-3H3. The number of methoxy groups -OCH3 is 2. The average molecular weight is 380 g/mol. The van der Waals surface area contributed by atoms with E-state index in [-0.39, 0.29) is 5.91 Å². The number of hydrogen-bond donors (Lipinski definition) is 0. The maximum absolute atomic E-state index is 12.9. The van der Waals surface area contributed by atoms with Gasteiger partial charge in [0.25, 0.3) is 0 Å². The highest BCUT2D eigenvalue weighted by molar-refractivity contribution is 5.77. The highest BCUT2D eigenvalue weighted by Gasteiger charge is 2.27. The molecule has 2 aromatic carbocycles. The fourth-order valence-corrected chi connectivity index (χ4v) is 4.44. The van der Waals surface area contributed by atoms with Crippen LogP contribution in [0.2, 0.25) is 0 Å². The third-order valence-electron chi connectivity index (χ3n) is 5.99. The van der Waals surface area contributed by atoms with E-state index in [1.54, 1.807) is 14.2 Å². The number of anilines is 1. The van der Waals surface area contributed by atoms with Gasteiger partial charge in [-0.15, -0.1) is 0 Å². The van der Waals surface area contributed by atoms with E-state index >= 15 is 0 Å². The first-order valence-corrected chi connectivity index (χ1v) is 9.96. The lowest BCUT2D eigenvalue weighted by Gasteiger charge is -2.31. The Hall–Kier alpha value is -2.69. The molecule has 28 heavy (non-hydrogen) atoms. The van der Waals surface area contributed by atoms with Crippen molar-refractivity contribution >= 4 is 11.6 Å². The van der Waals surface area contributed by atoms with Crippen LogP contribution in [-0.2, 0) is 24.2 Å². The third kappa shape index (κ3) is 3.41. The minimum atomic E-state index is 0.219. The molecule has 1 unspecified atom stereocenters. The zero-order valence-corrected chi connectivity index (χ0v) is 16.9. The first-order valence-electron chi connectivity index (χ1n) is 9.96. The van der Waals surface area contributed by atoms with Crippen molar-refractivity contribution in [2.24, 2.45) is 0 Å². The van der Waals surface area contributed by atoms with Gasteiger partial charge in [-0.25, -0.2) is 0 Å². The summed E-state index contributed by atoms with van der Waals surface area (Å²) in [7, 11) is 3.30. The Balaban J connectivity index is 1.42. The summed E-state index contributed by atoms with van der Waals surface area (Å²) in [6, 6.07) is 13.0. The Morgan fingerprint density at radius 1 is 1.07 bits per heavy atom. The summed E-state index contributed by atoms with van der Waals surface area (Å²) in [5, 5.41) is 0. The predicted molar refractivity (Wildman–Crippen MR) is 110 cm³/mol. The van der Waals surface area contributed by atoms with E-state index in [2.05, 4.69) is 36.1 Å². The summed E-state index contributed by atoms with van der Waals surface area (Å²) in [5.41, 5.74) is 5.06. The molecular formula is C23H28N2O3. The monoisotopic (exact) mass is 380 g/mol. The molecule has 5 nitrogen and oxygen atoms in total. The molecular weight excluding hydrogens is 352 g/mol. The molecule has 2 heterocycles. The number of rotatable bonds is 5. The summed E-state index contributed by atoms with van der Waals surface area (Å²) in [4.78, 5) is 17.3. The molecule has 1 atom stereocenters. The zero-order valence-electron chi connectivity index (χ0n) is 16.9. The van der Waals surface area contributed by atoms with Crippen LogP contribution in [0.4, 0.5) is 5.69 Å². The number of nitrogens with zero attached hydrogens (tertiary/aromatic N) is 2. The molecule has 0 spiro atoms. The maximum atomic E-state index is 12.9. The van der Waals surface area contributed by atoms with Crippen molar-refractivity contribution in [3.05, 3.63) is 53.1 Å². The van der Waals surface area contributed by atoms with Crippen molar-refractivity contribution in [3.63, 3.8) is 0 Å². The molecule has 148 valence electrons. The molecule has 0 saturated heterocycles. The molecule has 5 heteroatoms. The molecule has 0 N–H and O–H groups in total. The topological polar surface area (TPSA) is 42.0 Å². The zero-order chi connectivity index (χ0) is 19.7. The quantitative estimate of drug-likeness (QED) is 0.797. The normalized spacial score (nSPS) is 17.9. The summed E-state index contributed by atoms with van der Waals surface area (Å²) < 4.78 is 10.8. The lowest BCUT2D eigenvalue weighted by molar-refractivity contribution is -0.131. The van der Waals surface area contributed by atoms with Crippen LogP contribution in [0.3, 0.4) is 0 Å². The van der Waals surface area contributed by atoms with Gasteiger partial charge < -0.3 is 19.3 Å². The lowest BCUT2D eigenvalue weighted by atomic mass is 9.98. The first-order chi connectivity index (χ1) is 13.6. The second-order valence-electron chi connectivity index (χ2n) is 7.67. The van der Waals surface area contributed by atoms with Crippen molar-refractivity contribution in [2.45, 2.75) is 38.8 Å². The highest BCUT2D eigenvalue weighted by atomic mass is 16.5. The van der Waals surface area contributed by atoms with Crippen LogP contribution in [0.15, 0.2) is 36.4 Å². The molecule has 0 aromatic heterocycles. The molecule has 4 rings (SSSR count). The van der Waals surface area contributed by atoms with Gasteiger partial charge in [-0.05, 0) is 54.7 Å². The predicted octanol–water partition coefficient (Wildman–Crippen LogP) is 3.43. The maximum Gasteiger partial charge on any atom is 0.224 e. The smallest absolute Gasteiger partial charge is 0.224 e. The minimum absolute atomic E-state index is 0.219. The summed E-state index contributed by atoms with van der Waals surface area (Å²) in [6.07, 6.45) is 2.45.